The summed E-state index contributed by atoms with van der Waals surface area (Å²) in [5.41, 5.74) is 2.07. The van der Waals surface area contributed by atoms with Crippen molar-refractivity contribution in [3.8, 4) is 0 Å². The molecule has 1 aromatic carbocycles. The lowest BCUT2D eigenvalue weighted by Crippen LogP contribution is -1.79. The van der Waals surface area contributed by atoms with Crippen molar-refractivity contribution in [3.63, 3.8) is 0 Å². The van der Waals surface area contributed by atoms with Crippen molar-refractivity contribution in [1.82, 2.24) is 4.98 Å². The average Bonchev–Trinajstić information content (AvgIpc) is 2.27. The van der Waals surface area contributed by atoms with Gasteiger partial charge >= 0.3 is 0 Å². The van der Waals surface area contributed by atoms with E-state index in [2.05, 4.69) is 4.98 Å². The molecule has 0 amide bonds. The van der Waals surface area contributed by atoms with E-state index < -0.39 is 0 Å². The molecule has 0 bridgehead atoms. The summed E-state index contributed by atoms with van der Waals surface area (Å²) in [5.74, 6) is 0. The largest absolute Gasteiger partial charge is 0.224 e. The molecule has 80 valence electrons. The Hall–Kier alpha value is -1.31. The van der Waals surface area contributed by atoms with Gasteiger partial charge in [-0.15, -0.1) is 0 Å². The molecule has 0 aliphatic rings. The molecular weight excluding hydrogens is 241 g/mol. The molecule has 1 heterocycles. The first-order valence-electron chi connectivity index (χ1n) is 4.80. The van der Waals surface area contributed by atoms with Crippen LogP contribution in [0.2, 0.25) is 10.3 Å². The normalized spacial score (nSPS) is 10.9. The summed E-state index contributed by atoms with van der Waals surface area (Å²) in [4.78, 5) is 3.89. The monoisotopic (exact) mass is 249 g/mol. The van der Waals surface area contributed by atoms with E-state index in [0.717, 1.165) is 11.1 Å². The minimum absolute atomic E-state index is 0.403. The molecule has 0 unspecified atom stereocenters. The van der Waals surface area contributed by atoms with Crippen LogP contribution in [0.4, 0.5) is 0 Å². The van der Waals surface area contributed by atoms with Crippen LogP contribution in [0.1, 0.15) is 11.1 Å². The number of aromatic nitrogens is 1. The minimum atomic E-state index is 0.403. The number of nitrogens with zero attached hydrogens (tertiary/aromatic N) is 1. The van der Waals surface area contributed by atoms with Gasteiger partial charge in [0.25, 0.3) is 0 Å². The molecule has 0 aliphatic carbocycles. The highest BCUT2D eigenvalue weighted by atomic mass is 35.5. The fourth-order valence-electron chi connectivity index (χ4n) is 1.34. The highest BCUT2D eigenvalue weighted by molar-refractivity contribution is 6.32. The Balaban J connectivity index is 2.24. The number of pyridine rings is 1. The standard InChI is InChI=1S/C13H9Cl2N/c14-12-8-11(9-13(15)16-12)7-6-10-4-2-1-3-5-10/h1-9H/b7-6+. The summed E-state index contributed by atoms with van der Waals surface area (Å²) in [6.45, 7) is 0. The number of hydrogen-bond acceptors (Lipinski definition) is 1. The number of benzene rings is 1. The Kier molecular flexibility index (Phi) is 3.60. The number of hydrogen-bond donors (Lipinski definition) is 0. The second-order valence-corrected chi connectivity index (χ2v) is 4.06. The maximum atomic E-state index is 5.80. The molecule has 0 atom stereocenters. The van der Waals surface area contributed by atoms with Crippen LogP contribution in [0.3, 0.4) is 0 Å². The van der Waals surface area contributed by atoms with Gasteiger partial charge in [0.15, 0.2) is 0 Å². The summed E-state index contributed by atoms with van der Waals surface area (Å²) < 4.78 is 0. The van der Waals surface area contributed by atoms with Crippen LogP contribution < -0.4 is 0 Å². The SMILES string of the molecule is Clc1cc(/C=C/c2ccccc2)cc(Cl)n1. The second kappa shape index (κ2) is 5.15. The molecule has 0 fully saturated rings. The van der Waals surface area contributed by atoms with Gasteiger partial charge < -0.3 is 0 Å². The van der Waals surface area contributed by atoms with Crippen molar-refractivity contribution >= 4 is 35.4 Å². The Morgan fingerprint density at radius 1 is 0.812 bits per heavy atom. The summed E-state index contributed by atoms with van der Waals surface area (Å²) in [5, 5.41) is 0.806. The summed E-state index contributed by atoms with van der Waals surface area (Å²) in [6, 6.07) is 13.6. The van der Waals surface area contributed by atoms with Gasteiger partial charge in [-0.3, -0.25) is 0 Å². The Bertz CT molecular complexity index is 486. The first kappa shape index (κ1) is 11.2. The molecular formula is C13H9Cl2N. The van der Waals surface area contributed by atoms with Gasteiger partial charge in [-0.2, -0.15) is 0 Å². The van der Waals surface area contributed by atoms with E-state index in [9.17, 15) is 0 Å². The number of rotatable bonds is 2. The lowest BCUT2D eigenvalue weighted by Gasteiger charge is -1.96. The number of halogens is 2. The first-order valence-corrected chi connectivity index (χ1v) is 5.56. The molecule has 2 rings (SSSR count). The van der Waals surface area contributed by atoms with Crippen molar-refractivity contribution in [2.45, 2.75) is 0 Å². The van der Waals surface area contributed by atoms with Crippen molar-refractivity contribution in [2.75, 3.05) is 0 Å². The lowest BCUT2D eigenvalue weighted by molar-refractivity contribution is 1.32. The van der Waals surface area contributed by atoms with Crippen LogP contribution in [0.15, 0.2) is 42.5 Å². The Labute approximate surface area is 104 Å². The van der Waals surface area contributed by atoms with Crippen LogP contribution in [0.25, 0.3) is 12.2 Å². The van der Waals surface area contributed by atoms with Gasteiger partial charge in [0.2, 0.25) is 0 Å². The van der Waals surface area contributed by atoms with Crippen LogP contribution in [-0.4, -0.2) is 4.98 Å². The van der Waals surface area contributed by atoms with E-state index in [-0.39, 0.29) is 0 Å². The summed E-state index contributed by atoms with van der Waals surface area (Å²) >= 11 is 11.6. The van der Waals surface area contributed by atoms with Gasteiger partial charge in [0.05, 0.1) is 0 Å². The van der Waals surface area contributed by atoms with Crippen molar-refractivity contribution in [1.29, 1.82) is 0 Å². The molecule has 0 aliphatic heterocycles. The molecule has 0 saturated heterocycles. The Morgan fingerprint density at radius 2 is 1.38 bits per heavy atom. The summed E-state index contributed by atoms with van der Waals surface area (Å²) in [6.07, 6.45) is 3.96. The highest BCUT2D eigenvalue weighted by Crippen LogP contribution is 2.16. The molecule has 1 aromatic heterocycles. The molecule has 2 aromatic rings. The zero-order valence-electron chi connectivity index (χ0n) is 8.40. The predicted octanol–water partition coefficient (Wildman–Crippen LogP) is 4.56. The van der Waals surface area contributed by atoms with E-state index in [0.29, 0.717) is 10.3 Å². The fourth-order valence-corrected chi connectivity index (χ4v) is 1.81. The van der Waals surface area contributed by atoms with Crippen molar-refractivity contribution in [3.05, 3.63) is 63.9 Å². The van der Waals surface area contributed by atoms with Gasteiger partial charge in [-0.25, -0.2) is 4.98 Å². The van der Waals surface area contributed by atoms with E-state index in [1.807, 2.05) is 42.5 Å². The highest BCUT2D eigenvalue weighted by Gasteiger charge is 1.95. The molecule has 16 heavy (non-hydrogen) atoms. The minimum Gasteiger partial charge on any atom is -0.224 e. The molecule has 3 heteroatoms. The maximum absolute atomic E-state index is 5.80. The fraction of sp³-hybridized carbons (Fsp3) is 0. The van der Waals surface area contributed by atoms with E-state index in [1.165, 1.54) is 0 Å². The van der Waals surface area contributed by atoms with Gasteiger partial charge in [0.1, 0.15) is 10.3 Å². The van der Waals surface area contributed by atoms with Crippen molar-refractivity contribution in [2.24, 2.45) is 0 Å². The molecule has 0 radical (unpaired) electrons. The molecule has 1 nitrogen and oxygen atoms in total. The molecule has 0 spiro atoms. The predicted molar refractivity (Wildman–Crippen MR) is 69.6 cm³/mol. The summed E-state index contributed by atoms with van der Waals surface area (Å²) in [7, 11) is 0. The topological polar surface area (TPSA) is 12.9 Å². The molecule has 0 N–H and O–H groups in total. The Morgan fingerprint density at radius 3 is 2.00 bits per heavy atom. The van der Waals surface area contributed by atoms with Crippen molar-refractivity contribution < 1.29 is 0 Å². The van der Waals surface area contributed by atoms with E-state index in [1.54, 1.807) is 12.1 Å². The molecule has 0 saturated carbocycles. The van der Waals surface area contributed by atoms with Crippen LogP contribution in [0, 0.1) is 0 Å². The third-order valence-corrected chi connectivity index (χ3v) is 2.44. The second-order valence-electron chi connectivity index (χ2n) is 3.29. The smallest absolute Gasteiger partial charge is 0.131 e. The van der Waals surface area contributed by atoms with Gasteiger partial charge in [-0.05, 0) is 23.3 Å². The van der Waals surface area contributed by atoms with Gasteiger partial charge in [-0.1, -0.05) is 65.7 Å². The third-order valence-electron chi connectivity index (χ3n) is 2.05. The van der Waals surface area contributed by atoms with Crippen LogP contribution in [0.5, 0.6) is 0 Å². The third kappa shape index (κ3) is 3.09. The van der Waals surface area contributed by atoms with Gasteiger partial charge in [0, 0.05) is 0 Å². The van der Waals surface area contributed by atoms with E-state index in [4.69, 9.17) is 23.2 Å². The van der Waals surface area contributed by atoms with E-state index >= 15 is 0 Å². The van der Waals surface area contributed by atoms with Crippen LogP contribution >= 0.6 is 23.2 Å². The van der Waals surface area contributed by atoms with Crippen LogP contribution in [-0.2, 0) is 0 Å². The maximum Gasteiger partial charge on any atom is 0.131 e. The zero-order valence-corrected chi connectivity index (χ0v) is 9.91. The first-order chi connectivity index (χ1) is 7.74. The zero-order chi connectivity index (χ0) is 11.4. The lowest BCUT2D eigenvalue weighted by atomic mass is 10.1. The quantitative estimate of drug-likeness (QED) is 0.712. The average molecular weight is 250 g/mol.